The molecule has 0 aliphatic rings. The SMILES string of the molecule is CCCCSc1c(OC)ccc(C)c1OC. The maximum absolute atomic E-state index is 5.45. The van der Waals surface area contributed by atoms with Gasteiger partial charge in [-0.2, -0.15) is 0 Å². The van der Waals surface area contributed by atoms with Crippen LogP contribution in [0.2, 0.25) is 0 Å². The number of rotatable bonds is 6. The van der Waals surface area contributed by atoms with Gasteiger partial charge in [-0.05, 0) is 30.7 Å². The Bertz CT molecular complexity index is 337. The van der Waals surface area contributed by atoms with Crippen molar-refractivity contribution in [2.24, 2.45) is 0 Å². The summed E-state index contributed by atoms with van der Waals surface area (Å²) in [6, 6.07) is 4.04. The Morgan fingerprint density at radius 1 is 1.19 bits per heavy atom. The molecule has 16 heavy (non-hydrogen) atoms. The van der Waals surface area contributed by atoms with Crippen molar-refractivity contribution >= 4 is 11.8 Å². The quantitative estimate of drug-likeness (QED) is 0.555. The molecule has 0 saturated carbocycles. The van der Waals surface area contributed by atoms with Crippen LogP contribution in [0.4, 0.5) is 0 Å². The van der Waals surface area contributed by atoms with E-state index in [0.717, 1.165) is 27.7 Å². The molecule has 0 bridgehead atoms. The first-order chi connectivity index (χ1) is 7.74. The second-order valence-electron chi connectivity index (χ2n) is 3.65. The molecule has 1 aromatic carbocycles. The molecule has 0 aliphatic heterocycles. The Balaban J connectivity index is 2.95. The third kappa shape index (κ3) is 3.08. The molecular weight excluding hydrogens is 220 g/mol. The van der Waals surface area contributed by atoms with Gasteiger partial charge in [-0.25, -0.2) is 0 Å². The van der Waals surface area contributed by atoms with E-state index in [-0.39, 0.29) is 0 Å². The van der Waals surface area contributed by atoms with Crippen molar-refractivity contribution in [3.05, 3.63) is 17.7 Å². The first-order valence-electron chi connectivity index (χ1n) is 5.59. The Labute approximate surface area is 102 Å². The topological polar surface area (TPSA) is 18.5 Å². The van der Waals surface area contributed by atoms with Crippen molar-refractivity contribution < 1.29 is 9.47 Å². The molecule has 0 N–H and O–H groups in total. The molecule has 0 heterocycles. The number of aryl methyl sites for hydroxylation is 1. The normalized spacial score (nSPS) is 10.2. The van der Waals surface area contributed by atoms with Crippen molar-refractivity contribution in [2.75, 3.05) is 20.0 Å². The third-order valence-electron chi connectivity index (χ3n) is 2.44. The van der Waals surface area contributed by atoms with Crippen LogP contribution >= 0.6 is 11.8 Å². The fraction of sp³-hybridized carbons (Fsp3) is 0.538. The number of hydrogen-bond donors (Lipinski definition) is 0. The van der Waals surface area contributed by atoms with Gasteiger partial charge in [-0.3, -0.25) is 0 Å². The van der Waals surface area contributed by atoms with Crippen molar-refractivity contribution in [3.8, 4) is 11.5 Å². The molecule has 2 nitrogen and oxygen atoms in total. The number of ether oxygens (including phenoxy) is 2. The molecular formula is C13H20O2S. The molecule has 0 radical (unpaired) electrons. The number of methoxy groups -OCH3 is 2. The van der Waals surface area contributed by atoms with E-state index >= 15 is 0 Å². The summed E-state index contributed by atoms with van der Waals surface area (Å²) in [4.78, 5) is 1.12. The van der Waals surface area contributed by atoms with Crippen LogP contribution in [0.15, 0.2) is 17.0 Å². The van der Waals surface area contributed by atoms with Crippen molar-refractivity contribution in [3.63, 3.8) is 0 Å². The highest BCUT2D eigenvalue weighted by atomic mass is 32.2. The molecule has 0 atom stereocenters. The summed E-state index contributed by atoms with van der Waals surface area (Å²) < 4.78 is 10.8. The van der Waals surface area contributed by atoms with Crippen LogP contribution in [-0.2, 0) is 0 Å². The van der Waals surface area contributed by atoms with Crippen molar-refractivity contribution in [1.82, 2.24) is 0 Å². The Morgan fingerprint density at radius 2 is 1.94 bits per heavy atom. The molecule has 0 saturated heterocycles. The molecule has 0 aliphatic carbocycles. The molecule has 0 aromatic heterocycles. The van der Waals surface area contributed by atoms with E-state index < -0.39 is 0 Å². The third-order valence-corrected chi connectivity index (χ3v) is 3.61. The molecule has 0 unspecified atom stereocenters. The molecule has 0 spiro atoms. The lowest BCUT2D eigenvalue weighted by Gasteiger charge is -2.14. The van der Waals surface area contributed by atoms with E-state index in [4.69, 9.17) is 9.47 Å². The van der Waals surface area contributed by atoms with Gasteiger partial charge in [-0.15, -0.1) is 11.8 Å². The summed E-state index contributed by atoms with van der Waals surface area (Å²) in [5, 5.41) is 0. The zero-order valence-electron chi connectivity index (χ0n) is 10.5. The van der Waals surface area contributed by atoms with E-state index in [9.17, 15) is 0 Å². The molecule has 1 aromatic rings. The zero-order chi connectivity index (χ0) is 12.0. The van der Waals surface area contributed by atoms with Gasteiger partial charge < -0.3 is 9.47 Å². The molecule has 3 heteroatoms. The first-order valence-corrected chi connectivity index (χ1v) is 6.57. The lowest BCUT2D eigenvalue weighted by atomic mass is 10.2. The molecule has 0 fully saturated rings. The van der Waals surface area contributed by atoms with Crippen molar-refractivity contribution in [1.29, 1.82) is 0 Å². The van der Waals surface area contributed by atoms with Crippen LogP contribution in [0, 0.1) is 6.92 Å². The van der Waals surface area contributed by atoms with E-state index in [2.05, 4.69) is 13.8 Å². The van der Waals surface area contributed by atoms with Crippen LogP contribution in [0.1, 0.15) is 25.3 Å². The summed E-state index contributed by atoms with van der Waals surface area (Å²) >= 11 is 1.81. The van der Waals surface area contributed by atoms with Gasteiger partial charge in [0, 0.05) is 0 Å². The van der Waals surface area contributed by atoms with E-state index in [1.165, 1.54) is 12.8 Å². The van der Waals surface area contributed by atoms with Gasteiger partial charge in [0.1, 0.15) is 11.5 Å². The van der Waals surface area contributed by atoms with Gasteiger partial charge in [0.2, 0.25) is 0 Å². The largest absolute Gasteiger partial charge is 0.495 e. The second kappa shape index (κ2) is 6.69. The van der Waals surface area contributed by atoms with Gasteiger partial charge >= 0.3 is 0 Å². The van der Waals surface area contributed by atoms with E-state index in [1.807, 2.05) is 23.9 Å². The van der Waals surface area contributed by atoms with Gasteiger partial charge in [0.15, 0.2) is 0 Å². The fourth-order valence-electron chi connectivity index (χ4n) is 1.51. The highest BCUT2D eigenvalue weighted by Gasteiger charge is 2.12. The fourth-order valence-corrected chi connectivity index (χ4v) is 2.82. The molecule has 1 rings (SSSR count). The minimum atomic E-state index is 0.906. The maximum atomic E-state index is 5.45. The highest BCUT2D eigenvalue weighted by molar-refractivity contribution is 7.99. The van der Waals surface area contributed by atoms with Gasteiger partial charge in [-0.1, -0.05) is 19.4 Å². The average molecular weight is 240 g/mol. The minimum Gasteiger partial charge on any atom is -0.495 e. The van der Waals surface area contributed by atoms with E-state index in [1.54, 1.807) is 14.2 Å². The van der Waals surface area contributed by atoms with Crippen molar-refractivity contribution in [2.45, 2.75) is 31.6 Å². The Morgan fingerprint density at radius 3 is 2.50 bits per heavy atom. The van der Waals surface area contributed by atoms with Crippen LogP contribution in [0.5, 0.6) is 11.5 Å². The molecule has 0 amide bonds. The minimum absolute atomic E-state index is 0.906. The second-order valence-corrected chi connectivity index (χ2v) is 4.75. The van der Waals surface area contributed by atoms with Gasteiger partial charge in [0.05, 0.1) is 19.1 Å². The average Bonchev–Trinajstić information content (AvgIpc) is 2.30. The predicted molar refractivity (Wildman–Crippen MR) is 69.9 cm³/mol. The Kier molecular flexibility index (Phi) is 5.53. The summed E-state index contributed by atoms with van der Waals surface area (Å²) in [6.07, 6.45) is 2.42. The Hall–Kier alpha value is -0.830. The number of hydrogen-bond acceptors (Lipinski definition) is 3. The lowest BCUT2D eigenvalue weighted by molar-refractivity contribution is 0.374. The smallest absolute Gasteiger partial charge is 0.139 e. The summed E-state index contributed by atoms with van der Waals surface area (Å²) in [5.41, 5.74) is 1.15. The van der Waals surface area contributed by atoms with Crippen LogP contribution in [-0.4, -0.2) is 20.0 Å². The summed E-state index contributed by atoms with van der Waals surface area (Å²) in [5.74, 6) is 2.95. The van der Waals surface area contributed by atoms with Gasteiger partial charge in [0.25, 0.3) is 0 Å². The molecule has 90 valence electrons. The van der Waals surface area contributed by atoms with Crippen LogP contribution in [0.25, 0.3) is 0 Å². The number of thioether (sulfide) groups is 1. The standard InChI is InChI=1S/C13H20O2S/c1-5-6-9-16-13-11(14-3)8-7-10(2)12(13)15-4/h7-8H,5-6,9H2,1-4H3. The number of benzene rings is 1. The number of unbranched alkanes of at least 4 members (excludes halogenated alkanes) is 1. The summed E-state index contributed by atoms with van der Waals surface area (Å²) in [6.45, 7) is 4.26. The monoisotopic (exact) mass is 240 g/mol. The highest BCUT2D eigenvalue weighted by Crippen LogP contribution is 2.40. The maximum Gasteiger partial charge on any atom is 0.139 e. The van der Waals surface area contributed by atoms with Crippen LogP contribution < -0.4 is 9.47 Å². The zero-order valence-corrected chi connectivity index (χ0v) is 11.3. The lowest BCUT2D eigenvalue weighted by Crippen LogP contribution is -1.95. The first kappa shape index (κ1) is 13.2. The summed E-state index contributed by atoms with van der Waals surface area (Å²) in [7, 11) is 3.42. The predicted octanol–water partition coefficient (Wildman–Crippen LogP) is 3.90. The van der Waals surface area contributed by atoms with Crippen LogP contribution in [0.3, 0.4) is 0 Å². The van der Waals surface area contributed by atoms with E-state index in [0.29, 0.717) is 0 Å².